The summed E-state index contributed by atoms with van der Waals surface area (Å²) >= 11 is 1.51. The molecule has 0 aromatic heterocycles. The predicted octanol–water partition coefficient (Wildman–Crippen LogP) is 1.95. The minimum Gasteiger partial charge on any atom is -0.399 e. The van der Waals surface area contributed by atoms with Gasteiger partial charge in [-0.1, -0.05) is 0 Å². The van der Waals surface area contributed by atoms with E-state index in [2.05, 4.69) is 21.0 Å². The molecule has 1 fully saturated rings. The first-order valence-electron chi connectivity index (χ1n) is 7.36. The first kappa shape index (κ1) is 15.2. The van der Waals surface area contributed by atoms with Crippen LogP contribution in [0.4, 0.5) is 5.69 Å². The molecule has 2 aliphatic rings. The molecule has 1 aromatic rings. The quantitative estimate of drug-likeness (QED) is 0.377. The number of guanidine groups is 1. The number of ether oxygens (including phenoxy) is 1. The van der Waals surface area contributed by atoms with Crippen molar-refractivity contribution in [2.45, 2.75) is 17.7 Å². The van der Waals surface area contributed by atoms with Crippen molar-refractivity contribution in [3.8, 4) is 0 Å². The van der Waals surface area contributed by atoms with Crippen LogP contribution >= 0.6 is 11.9 Å². The number of nitrogens with two attached hydrogens (primary N) is 1. The first-order chi connectivity index (χ1) is 10.7. The summed E-state index contributed by atoms with van der Waals surface area (Å²) in [4.78, 5) is 5.40. The number of rotatable bonds is 2. The van der Waals surface area contributed by atoms with E-state index in [1.54, 1.807) is 7.05 Å². The normalized spacial score (nSPS) is 20.6. The molecule has 2 aliphatic heterocycles. The summed E-state index contributed by atoms with van der Waals surface area (Å²) in [6.45, 7) is 2.48. The summed E-state index contributed by atoms with van der Waals surface area (Å²) in [5.74, 6) is 0.765. The Morgan fingerprint density at radius 2 is 2.09 bits per heavy atom. The summed E-state index contributed by atoms with van der Waals surface area (Å²) in [5.41, 5.74) is 6.60. The third kappa shape index (κ3) is 3.36. The molecule has 118 valence electrons. The molecule has 1 aromatic carbocycles. The number of benzene rings is 1. The SMILES string of the molecule is CN=C(NSc1ccc(N)cc1)N1CC2(C=N1)CCOCC2. The van der Waals surface area contributed by atoms with Crippen LogP contribution in [0.1, 0.15) is 12.8 Å². The molecule has 0 aliphatic carbocycles. The molecule has 1 spiro atoms. The lowest BCUT2D eigenvalue weighted by atomic mass is 9.82. The molecule has 6 nitrogen and oxygen atoms in total. The molecule has 0 bridgehead atoms. The molecule has 0 unspecified atom stereocenters. The van der Waals surface area contributed by atoms with Gasteiger partial charge in [-0.15, -0.1) is 0 Å². The fraction of sp³-hybridized carbons (Fsp3) is 0.467. The topological polar surface area (TPSA) is 75.2 Å². The minimum absolute atomic E-state index is 0.141. The second-order valence-electron chi connectivity index (χ2n) is 5.60. The summed E-state index contributed by atoms with van der Waals surface area (Å²) in [6, 6.07) is 7.73. The zero-order valence-corrected chi connectivity index (χ0v) is 13.5. The van der Waals surface area contributed by atoms with Crippen LogP contribution in [-0.2, 0) is 4.74 Å². The first-order valence-corrected chi connectivity index (χ1v) is 8.18. The highest BCUT2D eigenvalue weighted by atomic mass is 32.2. The van der Waals surface area contributed by atoms with Gasteiger partial charge in [0.1, 0.15) is 0 Å². The van der Waals surface area contributed by atoms with Crippen molar-refractivity contribution in [3.05, 3.63) is 24.3 Å². The number of hydrazone groups is 1. The molecular weight excluding hydrogens is 298 g/mol. The minimum atomic E-state index is 0.141. The van der Waals surface area contributed by atoms with Gasteiger partial charge in [0.25, 0.3) is 0 Å². The van der Waals surface area contributed by atoms with Crippen LogP contribution < -0.4 is 10.5 Å². The number of nitrogens with zero attached hydrogens (tertiary/aromatic N) is 3. The van der Waals surface area contributed by atoms with Crippen molar-refractivity contribution < 1.29 is 4.74 Å². The Kier molecular flexibility index (Phi) is 4.54. The van der Waals surface area contributed by atoms with E-state index >= 15 is 0 Å². The molecule has 0 radical (unpaired) electrons. The molecule has 0 amide bonds. The molecule has 22 heavy (non-hydrogen) atoms. The Morgan fingerprint density at radius 1 is 1.36 bits per heavy atom. The standard InChI is InChI=1S/C15H21N5OS/c1-17-14(19-22-13-4-2-12(16)3-5-13)20-11-15(10-18-20)6-8-21-9-7-15/h2-5,10H,6-9,11,16H2,1H3,(H,17,19). The van der Waals surface area contributed by atoms with Gasteiger partial charge >= 0.3 is 0 Å². The van der Waals surface area contributed by atoms with Gasteiger partial charge in [0.2, 0.25) is 5.96 Å². The number of aliphatic imine (C=N–C) groups is 1. The van der Waals surface area contributed by atoms with Gasteiger partial charge in [-0.3, -0.25) is 9.71 Å². The number of hydrogen-bond donors (Lipinski definition) is 2. The molecule has 3 rings (SSSR count). The van der Waals surface area contributed by atoms with Crippen LogP contribution in [0.15, 0.2) is 39.3 Å². The molecular formula is C15H21N5OS. The Bertz CT molecular complexity index is 566. The van der Waals surface area contributed by atoms with Crippen LogP contribution in [0, 0.1) is 5.41 Å². The average Bonchev–Trinajstić information content (AvgIpc) is 2.94. The molecule has 3 N–H and O–H groups in total. The third-order valence-corrected chi connectivity index (χ3v) is 4.81. The maximum Gasteiger partial charge on any atom is 0.225 e. The van der Waals surface area contributed by atoms with Crippen molar-refractivity contribution in [2.75, 3.05) is 32.5 Å². The van der Waals surface area contributed by atoms with Crippen molar-refractivity contribution in [1.29, 1.82) is 0 Å². The van der Waals surface area contributed by atoms with Crippen molar-refractivity contribution in [3.63, 3.8) is 0 Å². The van der Waals surface area contributed by atoms with E-state index in [1.807, 2.05) is 29.3 Å². The maximum atomic E-state index is 5.70. The second-order valence-corrected chi connectivity index (χ2v) is 6.48. The predicted molar refractivity (Wildman–Crippen MR) is 90.9 cm³/mol. The highest BCUT2D eigenvalue weighted by Gasteiger charge is 2.38. The molecule has 1 saturated heterocycles. The maximum absolute atomic E-state index is 5.70. The molecule has 2 heterocycles. The molecule has 7 heteroatoms. The highest BCUT2D eigenvalue weighted by Crippen LogP contribution is 2.33. The van der Waals surface area contributed by atoms with Crippen molar-refractivity contribution >= 4 is 29.8 Å². The van der Waals surface area contributed by atoms with Gasteiger partial charge in [-0.2, -0.15) is 5.10 Å². The zero-order valence-electron chi connectivity index (χ0n) is 12.7. The van der Waals surface area contributed by atoms with Crippen molar-refractivity contribution in [1.82, 2.24) is 9.73 Å². The average molecular weight is 319 g/mol. The lowest BCUT2D eigenvalue weighted by molar-refractivity contribution is 0.0453. The number of hydrogen-bond acceptors (Lipinski definition) is 5. The Morgan fingerprint density at radius 3 is 2.77 bits per heavy atom. The van der Waals surface area contributed by atoms with Crippen LogP contribution in [0.3, 0.4) is 0 Å². The van der Waals surface area contributed by atoms with Gasteiger partial charge in [-0.25, -0.2) is 5.01 Å². The van der Waals surface area contributed by atoms with Crippen molar-refractivity contribution in [2.24, 2.45) is 15.5 Å². The smallest absolute Gasteiger partial charge is 0.225 e. The van der Waals surface area contributed by atoms with Gasteiger partial charge < -0.3 is 10.5 Å². The number of nitrogen functional groups attached to an aromatic ring is 1. The summed E-state index contributed by atoms with van der Waals surface area (Å²) < 4.78 is 8.73. The van der Waals surface area contributed by atoms with E-state index in [0.717, 1.165) is 49.1 Å². The summed E-state index contributed by atoms with van der Waals surface area (Å²) in [5, 5.41) is 6.48. The van der Waals surface area contributed by atoms with Crippen LogP contribution in [0.25, 0.3) is 0 Å². The van der Waals surface area contributed by atoms with Crippen LogP contribution in [0.5, 0.6) is 0 Å². The lowest BCUT2D eigenvalue weighted by Crippen LogP contribution is -2.40. The van der Waals surface area contributed by atoms with E-state index in [9.17, 15) is 0 Å². The van der Waals surface area contributed by atoms with E-state index < -0.39 is 0 Å². The van der Waals surface area contributed by atoms with Gasteiger partial charge in [0, 0.05) is 42.5 Å². The fourth-order valence-electron chi connectivity index (χ4n) is 2.62. The molecule has 0 saturated carbocycles. The van der Waals surface area contributed by atoms with E-state index in [-0.39, 0.29) is 5.41 Å². The summed E-state index contributed by atoms with van der Waals surface area (Å²) in [7, 11) is 1.77. The number of anilines is 1. The van der Waals surface area contributed by atoms with E-state index in [1.165, 1.54) is 11.9 Å². The van der Waals surface area contributed by atoms with E-state index in [0.29, 0.717) is 0 Å². The lowest BCUT2D eigenvalue weighted by Gasteiger charge is -2.31. The van der Waals surface area contributed by atoms with Crippen LogP contribution in [-0.4, -0.2) is 44.0 Å². The highest BCUT2D eigenvalue weighted by molar-refractivity contribution is 7.98. The fourth-order valence-corrected chi connectivity index (χ4v) is 3.30. The Labute approximate surface area is 134 Å². The third-order valence-electron chi connectivity index (χ3n) is 4.02. The van der Waals surface area contributed by atoms with E-state index in [4.69, 9.17) is 10.5 Å². The zero-order chi connectivity index (χ0) is 15.4. The largest absolute Gasteiger partial charge is 0.399 e. The van der Waals surface area contributed by atoms with Gasteiger partial charge in [-0.05, 0) is 49.1 Å². The summed E-state index contributed by atoms with van der Waals surface area (Å²) in [6.07, 6.45) is 4.11. The Hall–Kier alpha value is -1.73. The Balaban J connectivity index is 1.58. The van der Waals surface area contributed by atoms with Crippen LogP contribution in [0.2, 0.25) is 0 Å². The second kappa shape index (κ2) is 6.58. The monoisotopic (exact) mass is 319 g/mol. The van der Waals surface area contributed by atoms with Gasteiger partial charge in [0.15, 0.2) is 0 Å². The number of nitrogens with one attached hydrogen (secondary N) is 1. The molecule has 0 atom stereocenters. The van der Waals surface area contributed by atoms with Gasteiger partial charge in [0.05, 0.1) is 6.54 Å².